The molecule has 0 bridgehead atoms. The van der Waals surface area contributed by atoms with Crippen molar-refractivity contribution in [2.75, 3.05) is 0 Å². The van der Waals surface area contributed by atoms with Gasteiger partial charge in [-0.15, -0.1) is 0 Å². The standard InChI is InChI=1S/C38H26O/c39-38(28-14-3-1-4-15-28,29-16-5-2-6-17-29)36-22-21-33-31-19-10-8-13-27(31)25-35(33)37(36)23-11-20-32-30-18-9-7-12-26(30)24-34(32)37/h1-25,39H. The van der Waals surface area contributed by atoms with Gasteiger partial charge in [-0.25, -0.2) is 0 Å². The number of hydrogen-bond donors (Lipinski definition) is 1. The molecule has 0 amide bonds. The molecule has 0 saturated heterocycles. The molecule has 0 aliphatic heterocycles. The van der Waals surface area contributed by atoms with Gasteiger partial charge in [0.1, 0.15) is 5.60 Å². The van der Waals surface area contributed by atoms with Crippen LogP contribution < -0.4 is 0 Å². The predicted molar refractivity (Wildman–Crippen MR) is 160 cm³/mol. The molecule has 1 atom stereocenters. The van der Waals surface area contributed by atoms with Gasteiger partial charge in [-0.3, -0.25) is 0 Å². The number of rotatable bonds is 3. The molecule has 0 saturated carbocycles. The summed E-state index contributed by atoms with van der Waals surface area (Å²) in [7, 11) is 0. The molecule has 1 spiro atoms. The van der Waals surface area contributed by atoms with Crippen molar-refractivity contribution in [2.24, 2.45) is 5.41 Å². The van der Waals surface area contributed by atoms with Crippen molar-refractivity contribution in [1.29, 1.82) is 0 Å². The van der Waals surface area contributed by atoms with Crippen molar-refractivity contribution >= 4 is 23.3 Å². The highest BCUT2D eigenvalue weighted by Gasteiger charge is 2.54. The summed E-state index contributed by atoms with van der Waals surface area (Å²) in [6.45, 7) is 0. The second-order valence-corrected chi connectivity index (χ2v) is 10.6. The lowest BCUT2D eigenvalue weighted by Crippen LogP contribution is -2.42. The molecular formula is C38H26O. The number of hydrogen-bond acceptors (Lipinski definition) is 1. The maximum absolute atomic E-state index is 13.2. The van der Waals surface area contributed by atoms with Gasteiger partial charge < -0.3 is 5.11 Å². The van der Waals surface area contributed by atoms with E-state index in [4.69, 9.17) is 0 Å². The average molecular weight is 499 g/mol. The third-order valence-corrected chi connectivity index (χ3v) is 8.76. The Balaban J connectivity index is 1.47. The first kappa shape index (κ1) is 22.3. The summed E-state index contributed by atoms with van der Waals surface area (Å²) < 4.78 is 0. The minimum Gasteiger partial charge on any atom is -0.376 e. The Bertz CT molecular complexity index is 1780. The van der Waals surface area contributed by atoms with Gasteiger partial charge in [-0.1, -0.05) is 140 Å². The Morgan fingerprint density at radius 1 is 0.513 bits per heavy atom. The molecule has 4 aliphatic rings. The third kappa shape index (κ3) is 2.94. The quantitative estimate of drug-likeness (QED) is 0.301. The van der Waals surface area contributed by atoms with Crippen LogP contribution in [0.5, 0.6) is 0 Å². The highest BCUT2D eigenvalue weighted by Crippen LogP contribution is 2.65. The van der Waals surface area contributed by atoms with Gasteiger partial charge in [0.15, 0.2) is 0 Å². The molecule has 0 fully saturated rings. The highest BCUT2D eigenvalue weighted by atomic mass is 16.3. The molecule has 4 aromatic rings. The minimum absolute atomic E-state index is 0.660. The first-order valence-electron chi connectivity index (χ1n) is 13.5. The molecule has 1 nitrogen and oxygen atoms in total. The molecule has 1 heteroatoms. The van der Waals surface area contributed by atoms with E-state index in [9.17, 15) is 5.11 Å². The summed E-state index contributed by atoms with van der Waals surface area (Å²) in [4.78, 5) is 0. The Hall–Kier alpha value is -4.72. The second kappa shape index (κ2) is 8.14. The SMILES string of the molecule is OC(C1=CC=C2C(=Cc3ccccc32)C12C=CC=C1C2=Cc2ccccc21)(c1ccccc1)c1ccccc1. The van der Waals surface area contributed by atoms with E-state index in [2.05, 4.69) is 91.1 Å². The predicted octanol–water partition coefficient (Wildman–Crippen LogP) is 8.38. The smallest absolute Gasteiger partial charge is 0.138 e. The van der Waals surface area contributed by atoms with E-state index in [0.29, 0.717) is 0 Å². The van der Waals surface area contributed by atoms with E-state index >= 15 is 0 Å². The topological polar surface area (TPSA) is 20.2 Å². The van der Waals surface area contributed by atoms with Crippen molar-refractivity contribution in [1.82, 2.24) is 0 Å². The first-order chi connectivity index (χ1) is 19.2. The van der Waals surface area contributed by atoms with Gasteiger partial charge in [0.2, 0.25) is 0 Å². The van der Waals surface area contributed by atoms with Gasteiger partial charge in [-0.05, 0) is 73.4 Å². The zero-order chi connectivity index (χ0) is 26.0. The fourth-order valence-corrected chi connectivity index (χ4v) is 7.04. The molecule has 4 aromatic carbocycles. The van der Waals surface area contributed by atoms with E-state index in [1.807, 2.05) is 60.7 Å². The Labute approximate surface area is 228 Å². The Morgan fingerprint density at radius 2 is 1.00 bits per heavy atom. The van der Waals surface area contributed by atoms with E-state index < -0.39 is 11.0 Å². The lowest BCUT2D eigenvalue weighted by molar-refractivity contribution is 0.107. The molecule has 1 unspecified atom stereocenters. The van der Waals surface area contributed by atoms with E-state index in [1.54, 1.807) is 0 Å². The molecule has 4 aliphatic carbocycles. The van der Waals surface area contributed by atoms with Gasteiger partial charge in [0.25, 0.3) is 0 Å². The molecular weight excluding hydrogens is 472 g/mol. The Kier molecular flexibility index (Phi) is 4.65. The zero-order valence-corrected chi connectivity index (χ0v) is 21.4. The van der Waals surface area contributed by atoms with Crippen LogP contribution in [0.4, 0.5) is 0 Å². The van der Waals surface area contributed by atoms with E-state index in [0.717, 1.165) is 16.7 Å². The van der Waals surface area contributed by atoms with Crippen LogP contribution >= 0.6 is 0 Å². The molecule has 0 heterocycles. The van der Waals surface area contributed by atoms with Crippen molar-refractivity contribution in [3.63, 3.8) is 0 Å². The van der Waals surface area contributed by atoms with E-state index in [1.165, 1.54) is 44.5 Å². The average Bonchev–Trinajstić information content (AvgIpc) is 3.58. The second-order valence-electron chi connectivity index (χ2n) is 10.6. The molecule has 0 radical (unpaired) electrons. The Morgan fingerprint density at radius 3 is 1.56 bits per heavy atom. The van der Waals surface area contributed by atoms with Crippen LogP contribution in [-0.2, 0) is 5.60 Å². The number of fused-ring (bicyclic) bond motifs is 8. The number of allylic oxidation sites excluding steroid dienone is 9. The number of aliphatic hydroxyl groups is 1. The van der Waals surface area contributed by atoms with Crippen LogP contribution in [0.25, 0.3) is 23.3 Å². The van der Waals surface area contributed by atoms with Crippen LogP contribution in [0.15, 0.2) is 156 Å². The largest absolute Gasteiger partial charge is 0.376 e. The summed E-state index contributed by atoms with van der Waals surface area (Å²) in [5.74, 6) is 0. The fourth-order valence-electron chi connectivity index (χ4n) is 7.04. The van der Waals surface area contributed by atoms with Crippen molar-refractivity contribution < 1.29 is 5.11 Å². The highest BCUT2D eigenvalue weighted by molar-refractivity contribution is 6.06. The molecule has 8 rings (SSSR count). The minimum atomic E-state index is -1.36. The normalized spacial score (nSPS) is 20.2. The van der Waals surface area contributed by atoms with Crippen molar-refractivity contribution in [3.05, 3.63) is 190 Å². The zero-order valence-electron chi connectivity index (χ0n) is 21.4. The van der Waals surface area contributed by atoms with Crippen LogP contribution in [-0.4, -0.2) is 5.11 Å². The molecule has 0 aromatic heterocycles. The number of benzene rings is 4. The lowest BCUT2D eigenvalue weighted by atomic mass is 9.56. The maximum atomic E-state index is 13.2. The van der Waals surface area contributed by atoms with Crippen LogP contribution in [0.3, 0.4) is 0 Å². The maximum Gasteiger partial charge on any atom is 0.138 e. The first-order valence-corrected chi connectivity index (χ1v) is 13.5. The van der Waals surface area contributed by atoms with Gasteiger partial charge >= 0.3 is 0 Å². The summed E-state index contributed by atoms with van der Waals surface area (Å²) in [6.07, 6.45) is 15.8. The summed E-state index contributed by atoms with van der Waals surface area (Å²) >= 11 is 0. The molecule has 1 N–H and O–H groups in total. The van der Waals surface area contributed by atoms with Gasteiger partial charge in [-0.2, -0.15) is 0 Å². The molecule has 184 valence electrons. The van der Waals surface area contributed by atoms with Gasteiger partial charge in [0, 0.05) is 0 Å². The van der Waals surface area contributed by atoms with Gasteiger partial charge in [0.05, 0.1) is 5.41 Å². The van der Waals surface area contributed by atoms with Crippen molar-refractivity contribution in [2.45, 2.75) is 5.60 Å². The van der Waals surface area contributed by atoms with Crippen LogP contribution in [0.2, 0.25) is 0 Å². The molecule has 39 heavy (non-hydrogen) atoms. The monoisotopic (exact) mass is 498 g/mol. The lowest BCUT2D eigenvalue weighted by Gasteiger charge is -2.48. The summed E-state index contributed by atoms with van der Waals surface area (Å²) in [6, 6.07) is 37.4. The van der Waals surface area contributed by atoms with Crippen LogP contribution in [0, 0.1) is 5.41 Å². The fraction of sp³-hybridized carbons (Fsp3) is 0.0526. The van der Waals surface area contributed by atoms with E-state index in [-0.39, 0.29) is 0 Å². The van der Waals surface area contributed by atoms with Crippen molar-refractivity contribution in [3.8, 4) is 0 Å². The summed E-state index contributed by atoms with van der Waals surface area (Å²) in [5, 5.41) is 13.2. The third-order valence-electron chi connectivity index (χ3n) is 8.76. The summed E-state index contributed by atoms with van der Waals surface area (Å²) in [5.41, 5.74) is 10.4. The van der Waals surface area contributed by atoms with Crippen LogP contribution in [0.1, 0.15) is 33.4 Å².